The van der Waals surface area contributed by atoms with Gasteiger partial charge >= 0.3 is 0 Å². The van der Waals surface area contributed by atoms with Crippen LogP contribution in [0.2, 0.25) is 0 Å². The minimum Gasteiger partial charge on any atom is -0.369 e. The van der Waals surface area contributed by atoms with Crippen molar-refractivity contribution in [2.45, 2.75) is 19.3 Å². The summed E-state index contributed by atoms with van der Waals surface area (Å²) >= 11 is 1.53. The lowest BCUT2D eigenvalue weighted by Gasteiger charge is -2.15. The van der Waals surface area contributed by atoms with Gasteiger partial charge < -0.3 is 16.0 Å². The highest BCUT2D eigenvalue weighted by atomic mass is 32.1. The Labute approximate surface area is 121 Å². The second-order valence-corrected chi connectivity index (χ2v) is 5.73. The molecule has 0 saturated carbocycles. The van der Waals surface area contributed by atoms with Crippen LogP contribution in [0.1, 0.15) is 19.3 Å². The SMILES string of the molecule is Nc1nc(NCCC(=O)N2CCCC2)c2ccsc2n1. The fourth-order valence-electron chi connectivity index (χ4n) is 2.42. The van der Waals surface area contributed by atoms with Crippen LogP contribution in [-0.2, 0) is 4.79 Å². The number of rotatable bonds is 4. The second kappa shape index (κ2) is 5.62. The Morgan fingerprint density at radius 2 is 2.20 bits per heavy atom. The van der Waals surface area contributed by atoms with Crippen LogP contribution < -0.4 is 11.1 Å². The van der Waals surface area contributed by atoms with E-state index in [1.807, 2.05) is 16.3 Å². The Morgan fingerprint density at radius 1 is 1.40 bits per heavy atom. The first-order valence-corrected chi connectivity index (χ1v) is 7.64. The number of thiophene rings is 1. The first-order valence-electron chi connectivity index (χ1n) is 6.76. The molecule has 0 radical (unpaired) electrons. The van der Waals surface area contributed by atoms with Crippen LogP contribution in [0, 0.1) is 0 Å². The van der Waals surface area contributed by atoms with Crippen molar-refractivity contribution in [2.75, 3.05) is 30.7 Å². The van der Waals surface area contributed by atoms with E-state index in [2.05, 4.69) is 15.3 Å². The van der Waals surface area contributed by atoms with Crippen molar-refractivity contribution in [2.24, 2.45) is 0 Å². The summed E-state index contributed by atoms with van der Waals surface area (Å²) < 4.78 is 0. The number of hydrogen-bond acceptors (Lipinski definition) is 6. The highest BCUT2D eigenvalue weighted by Crippen LogP contribution is 2.25. The molecule has 6 nitrogen and oxygen atoms in total. The number of anilines is 2. The summed E-state index contributed by atoms with van der Waals surface area (Å²) in [6, 6.07) is 1.96. The summed E-state index contributed by atoms with van der Waals surface area (Å²) in [6.45, 7) is 2.36. The standard InChI is InChI=1S/C13H17N5OS/c14-13-16-11(9-4-8-20-12(9)17-13)15-5-3-10(19)18-6-1-2-7-18/h4,8H,1-3,5-7H2,(H3,14,15,16,17). The molecule has 0 aromatic carbocycles. The van der Waals surface area contributed by atoms with Crippen LogP contribution in [0.4, 0.5) is 11.8 Å². The lowest BCUT2D eigenvalue weighted by molar-refractivity contribution is -0.129. The number of carbonyl (C=O) groups excluding carboxylic acids is 1. The van der Waals surface area contributed by atoms with Crippen molar-refractivity contribution >= 4 is 39.2 Å². The maximum atomic E-state index is 11.9. The number of nitrogen functional groups attached to an aromatic ring is 1. The van der Waals surface area contributed by atoms with Gasteiger partial charge in [0.25, 0.3) is 0 Å². The van der Waals surface area contributed by atoms with Gasteiger partial charge in [0.2, 0.25) is 11.9 Å². The van der Waals surface area contributed by atoms with E-state index in [0.29, 0.717) is 18.8 Å². The first kappa shape index (κ1) is 13.1. The van der Waals surface area contributed by atoms with Gasteiger partial charge in [0.05, 0.1) is 5.39 Å². The number of hydrogen-bond donors (Lipinski definition) is 2. The summed E-state index contributed by atoms with van der Waals surface area (Å²) in [6.07, 6.45) is 2.73. The molecule has 0 atom stereocenters. The average Bonchev–Trinajstić information content (AvgIpc) is 3.09. The summed E-state index contributed by atoms with van der Waals surface area (Å²) in [4.78, 5) is 23.1. The Morgan fingerprint density at radius 3 is 3.00 bits per heavy atom. The predicted molar refractivity (Wildman–Crippen MR) is 80.7 cm³/mol. The summed E-state index contributed by atoms with van der Waals surface area (Å²) in [5, 5.41) is 6.11. The third-order valence-corrected chi connectivity index (χ3v) is 4.24. The highest BCUT2D eigenvalue weighted by Gasteiger charge is 2.17. The van der Waals surface area contributed by atoms with Gasteiger partial charge in [-0.2, -0.15) is 4.98 Å². The van der Waals surface area contributed by atoms with Crippen molar-refractivity contribution in [3.8, 4) is 0 Å². The van der Waals surface area contributed by atoms with E-state index in [-0.39, 0.29) is 11.9 Å². The van der Waals surface area contributed by atoms with Crippen LogP contribution in [-0.4, -0.2) is 40.4 Å². The number of carbonyl (C=O) groups is 1. The molecule has 1 saturated heterocycles. The van der Waals surface area contributed by atoms with Gasteiger partial charge in [0, 0.05) is 26.1 Å². The molecule has 0 spiro atoms. The lowest BCUT2D eigenvalue weighted by Crippen LogP contribution is -2.29. The molecular weight excluding hydrogens is 274 g/mol. The quantitative estimate of drug-likeness (QED) is 0.895. The number of fused-ring (bicyclic) bond motifs is 1. The van der Waals surface area contributed by atoms with Crippen molar-refractivity contribution in [1.82, 2.24) is 14.9 Å². The van der Waals surface area contributed by atoms with Crippen molar-refractivity contribution in [3.05, 3.63) is 11.4 Å². The summed E-state index contributed by atoms with van der Waals surface area (Å²) in [5.74, 6) is 1.18. The Hall–Kier alpha value is -1.89. The van der Waals surface area contributed by atoms with Gasteiger partial charge in [0.15, 0.2) is 0 Å². The zero-order valence-corrected chi connectivity index (χ0v) is 11.9. The van der Waals surface area contributed by atoms with Crippen molar-refractivity contribution < 1.29 is 4.79 Å². The molecule has 1 amide bonds. The van der Waals surface area contributed by atoms with Crippen LogP contribution in [0.5, 0.6) is 0 Å². The topological polar surface area (TPSA) is 84.1 Å². The van der Waals surface area contributed by atoms with Crippen molar-refractivity contribution in [3.63, 3.8) is 0 Å². The second-order valence-electron chi connectivity index (χ2n) is 4.83. The zero-order chi connectivity index (χ0) is 13.9. The molecule has 1 fully saturated rings. The van der Waals surface area contributed by atoms with Gasteiger partial charge in [-0.3, -0.25) is 4.79 Å². The van der Waals surface area contributed by atoms with Gasteiger partial charge in [-0.15, -0.1) is 11.3 Å². The molecule has 7 heteroatoms. The number of nitrogens with zero attached hydrogens (tertiary/aromatic N) is 3. The molecule has 0 bridgehead atoms. The van der Waals surface area contributed by atoms with Crippen LogP contribution in [0.3, 0.4) is 0 Å². The minimum atomic E-state index is 0.207. The molecule has 106 valence electrons. The van der Waals surface area contributed by atoms with E-state index < -0.39 is 0 Å². The van der Waals surface area contributed by atoms with Gasteiger partial charge in [-0.1, -0.05) is 0 Å². The number of nitrogens with two attached hydrogens (primary N) is 1. The van der Waals surface area contributed by atoms with Crippen LogP contribution in [0.25, 0.3) is 10.2 Å². The Bertz CT molecular complexity index is 620. The molecule has 3 N–H and O–H groups in total. The predicted octanol–water partition coefficient (Wildman–Crippen LogP) is 1.70. The third-order valence-electron chi connectivity index (χ3n) is 3.43. The van der Waals surface area contributed by atoms with Gasteiger partial charge in [0.1, 0.15) is 10.6 Å². The monoisotopic (exact) mass is 291 g/mol. The molecule has 3 heterocycles. The smallest absolute Gasteiger partial charge is 0.224 e. The maximum absolute atomic E-state index is 11.9. The minimum absolute atomic E-state index is 0.207. The molecule has 0 aliphatic carbocycles. The van der Waals surface area contributed by atoms with E-state index in [1.54, 1.807) is 0 Å². The fraction of sp³-hybridized carbons (Fsp3) is 0.462. The molecule has 1 aliphatic rings. The summed E-state index contributed by atoms with van der Waals surface area (Å²) in [5.41, 5.74) is 5.68. The first-order chi connectivity index (χ1) is 9.74. The molecule has 2 aromatic rings. The fourth-order valence-corrected chi connectivity index (χ4v) is 3.19. The van der Waals surface area contributed by atoms with Crippen LogP contribution in [0.15, 0.2) is 11.4 Å². The van der Waals surface area contributed by atoms with Crippen LogP contribution >= 0.6 is 11.3 Å². The van der Waals surface area contributed by atoms with E-state index in [0.717, 1.165) is 36.1 Å². The maximum Gasteiger partial charge on any atom is 0.224 e. The molecule has 20 heavy (non-hydrogen) atoms. The van der Waals surface area contributed by atoms with E-state index in [4.69, 9.17) is 5.73 Å². The highest BCUT2D eigenvalue weighted by molar-refractivity contribution is 7.16. The molecule has 0 unspecified atom stereocenters. The zero-order valence-electron chi connectivity index (χ0n) is 11.1. The largest absolute Gasteiger partial charge is 0.369 e. The molecule has 1 aliphatic heterocycles. The van der Waals surface area contributed by atoms with E-state index in [9.17, 15) is 4.79 Å². The van der Waals surface area contributed by atoms with Crippen molar-refractivity contribution in [1.29, 1.82) is 0 Å². The van der Waals surface area contributed by atoms with E-state index >= 15 is 0 Å². The molecular formula is C13H17N5OS. The lowest BCUT2D eigenvalue weighted by atomic mass is 10.3. The third kappa shape index (κ3) is 2.67. The van der Waals surface area contributed by atoms with Gasteiger partial charge in [-0.25, -0.2) is 4.98 Å². The molecule has 2 aromatic heterocycles. The Kier molecular flexibility index (Phi) is 3.68. The summed E-state index contributed by atoms with van der Waals surface area (Å²) in [7, 11) is 0. The average molecular weight is 291 g/mol. The number of aromatic nitrogens is 2. The number of nitrogens with one attached hydrogen (secondary N) is 1. The normalized spacial score (nSPS) is 14.9. The number of amides is 1. The Balaban J connectivity index is 1.62. The molecule has 3 rings (SSSR count). The number of likely N-dealkylation sites (tertiary alicyclic amines) is 1. The van der Waals surface area contributed by atoms with E-state index in [1.165, 1.54) is 11.3 Å². The van der Waals surface area contributed by atoms with Gasteiger partial charge in [-0.05, 0) is 24.3 Å².